The summed E-state index contributed by atoms with van der Waals surface area (Å²) < 4.78 is 1.93. The lowest BCUT2D eigenvalue weighted by molar-refractivity contribution is 0.658. The van der Waals surface area contributed by atoms with Gasteiger partial charge in [-0.15, -0.1) is 0 Å². The van der Waals surface area contributed by atoms with Crippen LogP contribution in [-0.2, 0) is 6.54 Å². The minimum atomic E-state index is 0.211. The summed E-state index contributed by atoms with van der Waals surface area (Å²) in [5.41, 5.74) is 3.43. The number of aryl methyl sites for hydroxylation is 2. The molecule has 96 valence electrons. The summed E-state index contributed by atoms with van der Waals surface area (Å²) in [6.07, 6.45) is 3.97. The Morgan fingerprint density at radius 2 is 2.22 bits per heavy atom. The van der Waals surface area contributed by atoms with Crippen LogP contribution in [0.25, 0.3) is 0 Å². The molecular weight excluding hydrogens is 246 g/mol. The second kappa shape index (κ2) is 5.44. The zero-order valence-electron chi connectivity index (χ0n) is 10.9. The monoisotopic (exact) mass is 263 g/mol. The van der Waals surface area contributed by atoms with Gasteiger partial charge < -0.3 is 5.32 Å². The highest BCUT2D eigenvalue weighted by atomic mass is 35.5. The van der Waals surface area contributed by atoms with Crippen LogP contribution >= 0.6 is 11.6 Å². The van der Waals surface area contributed by atoms with Crippen molar-refractivity contribution in [2.24, 2.45) is 0 Å². The van der Waals surface area contributed by atoms with Crippen molar-refractivity contribution in [1.82, 2.24) is 9.78 Å². The lowest BCUT2D eigenvalue weighted by Crippen LogP contribution is -2.07. The fourth-order valence-corrected chi connectivity index (χ4v) is 2.01. The average Bonchev–Trinajstić information content (AvgIpc) is 2.82. The van der Waals surface area contributed by atoms with Gasteiger partial charge in [-0.05, 0) is 38.5 Å². The summed E-state index contributed by atoms with van der Waals surface area (Å²) in [4.78, 5) is 0. The molecule has 1 aromatic heterocycles. The van der Waals surface area contributed by atoms with Crippen molar-refractivity contribution in [2.45, 2.75) is 33.4 Å². The molecule has 0 saturated heterocycles. The minimum absolute atomic E-state index is 0.211. The van der Waals surface area contributed by atoms with Crippen LogP contribution in [0.2, 0.25) is 5.02 Å². The molecule has 0 bridgehead atoms. The molecule has 0 spiro atoms. The van der Waals surface area contributed by atoms with Crippen molar-refractivity contribution in [3.05, 3.63) is 46.7 Å². The van der Waals surface area contributed by atoms with Gasteiger partial charge in [0.1, 0.15) is 0 Å². The molecule has 0 aliphatic carbocycles. The molecule has 4 heteroatoms. The summed E-state index contributed by atoms with van der Waals surface area (Å²) in [5.74, 6) is 0. The molecule has 0 aliphatic heterocycles. The average molecular weight is 264 g/mol. The fourth-order valence-electron chi connectivity index (χ4n) is 1.84. The highest BCUT2D eigenvalue weighted by molar-refractivity contribution is 6.30. The van der Waals surface area contributed by atoms with Gasteiger partial charge in [0.15, 0.2) is 0 Å². The van der Waals surface area contributed by atoms with Crippen molar-refractivity contribution < 1.29 is 0 Å². The van der Waals surface area contributed by atoms with E-state index in [4.69, 9.17) is 11.6 Å². The maximum atomic E-state index is 6.02. The second-order valence-electron chi connectivity index (χ2n) is 4.45. The second-order valence-corrected chi connectivity index (χ2v) is 4.89. The van der Waals surface area contributed by atoms with E-state index in [2.05, 4.69) is 37.4 Å². The largest absolute Gasteiger partial charge is 0.378 e. The number of benzene rings is 1. The summed E-state index contributed by atoms with van der Waals surface area (Å²) in [6.45, 7) is 7.16. The van der Waals surface area contributed by atoms with Crippen LogP contribution in [0.3, 0.4) is 0 Å². The van der Waals surface area contributed by atoms with Crippen molar-refractivity contribution in [1.29, 1.82) is 0 Å². The zero-order chi connectivity index (χ0) is 13.1. The van der Waals surface area contributed by atoms with Crippen LogP contribution in [0.1, 0.15) is 31.0 Å². The van der Waals surface area contributed by atoms with Crippen LogP contribution < -0.4 is 5.32 Å². The summed E-state index contributed by atoms with van der Waals surface area (Å²) in [5, 5.41) is 8.50. The molecule has 0 saturated carbocycles. The highest BCUT2D eigenvalue weighted by Gasteiger charge is 2.09. The first-order valence-electron chi connectivity index (χ1n) is 6.15. The van der Waals surface area contributed by atoms with Gasteiger partial charge in [-0.25, -0.2) is 0 Å². The Morgan fingerprint density at radius 3 is 2.89 bits per heavy atom. The molecule has 18 heavy (non-hydrogen) atoms. The molecule has 3 nitrogen and oxygen atoms in total. The Hall–Kier alpha value is -1.48. The van der Waals surface area contributed by atoms with Crippen molar-refractivity contribution in [3.8, 4) is 0 Å². The standard InChI is InChI=1S/C14H18ClN3/c1-4-18-9-12(8-16-18)11(3)17-14-7-13(15)6-5-10(14)2/h5-9,11,17H,4H2,1-3H3. The Balaban J connectivity index is 2.15. The van der Waals surface area contributed by atoms with E-state index >= 15 is 0 Å². The zero-order valence-corrected chi connectivity index (χ0v) is 11.7. The number of nitrogens with zero attached hydrogens (tertiary/aromatic N) is 2. The molecular formula is C14H18ClN3. The van der Waals surface area contributed by atoms with Crippen LogP contribution in [0.15, 0.2) is 30.6 Å². The number of nitrogens with one attached hydrogen (secondary N) is 1. The molecule has 0 radical (unpaired) electrons. The van der Waals surface area contributed by atoms with E-state index < -0.39 is 0 Å². The van der Waals surface area contributed by atoms with E-state index in [1.54, 1.807) is 0 Å². The number of anilines is 1. The van der Waals surface area contributed by atoms with Gasteiger partial charge in [-0.3, -0.25) is 4.68 Å². The minimum Gasteiger partial charge on any atom is -0.378 e. The molecule has 1 N–H and O–H groups in total. The summed E-state index contributed by atoms with van der Waals surface area (Å²) in [6, 6.07) is 6.09. The molecule has 2 aromatic rings. The van der Waals surface area contributed by atoms with E-state index in [0.717, 1.165) is 17.3 Å². The van der Waals surface area contributed by atoms with Gasteiger partial charge in [-0.2, -0.15) is 5.10 Å². The van der Waals surface area contributed by atoms with Crippen molar-refractivity contribution in [2.75, 3.05) is 5.32 Å². The third kappa shape index (κ3) is 2.85. The van der Waals surface area contributed by atoms with Gasteiger partial charge in [0.25, 0.3) is 0 Å². The fraction of sp³-hybridized carbons (Fsp3) is 0.357. The molecule has 1 heterocycles. The summed E-state index contributed by atoms with van der Waals surface area (Å²) in [7, 11) is 0. The number of aromatic nitrogens is 2. The first kappa shape index (κ1) is 13.0. The Morgan fingerprint density at radius 1 is 1.44 bits per heavy atom. The van der Waals surface area contributed by atoms with Crippen molar-refractivity contribution in [3.63, 3.8) is 0 Å². The van der Waals surface area contributed by atoms with Gasteiger partial charge in [0, 0.05) is 29.0 Å². The first-order chi connectivity index (χ1) is 8.60. The highest BCUT2D eigenvalue weighted by Crippen LogP contribution is 2.24. The Labute approximate surface area is 113 Å². The third-order valence-corrected chi connectivity index (χ3v) is 3.28. The number of hydrogen-bond acceptors (Lipinski definition) is 2. The molecule has 2 rings (SSSR count). The van der Waals surface area contributed by atoms with E-state index in [1.165, 1.54) is 11.1 Å². The molecule has 0 aliphatic rings. The van der Waals surface area contributed by atoms with Crippen LogP contribution in [-0.4, -0.2) is 9.78 Å². The normalized spacial score (nSPS) is 12.4. The molecule has 1 unspecified atom stereocenters. The predicted octanol–water partition coefficient (Wildman–Crippen LogP) is 4.04. The molecule has 0 amide bonds. The Kier molecular flexibility index (Phi) is 3.92. The smallest absolute Gasteiger partial charge is 0.0542 e. The van der Waals surface area contributed by atoms with Crippen LogP contribution in [0, 0.1) is 6.92 Å². The SMILES string of the molecule is CCn1cc(C(C)Nc2cc(Cl)ccc2C)cn1. The number of rotatable bonds is 4. The lowest BCUT2D eigenvalue weighted by Gasteiger charge is -2.16. The lowest BCUT2D eigenvalue weighted by atomic mass is 10.1. The van der Waals surface area contributed by atoms with E-state index in [0.29, 0.717) is 0 Å². The van der Waals surface area contributed by atoms with Crippen LogP contribution in [0.4, 0.5) is 5.69 Å². The third-order valence-electron chi connectivity index (χ3n) is 3.05. The molecule has 0 fully saturated rings. The topological polar surface area (TPSA) is 29.9 Å². The molecule has 1 atom stereocenters. The van der Waals surface area contributed by atoms with Crippen molar-refractivity contribution >= 4 is 17.3 Å². The Bertz CT molecular complexity index is 534. The maximum absolute atomic E-state index is 6.02. The first-order valence-corrected chi connectivity index (χ1v) is 6.53. The van der Waals surface area contributed by atoms with Gasteiger partial charge in [0.2, 0.25) is 0 Å². The van der Waals surface area contributed by atoms with E-state index in [-0.39, 0.29) is 6.04 Å². The van der Waals surface area contributed by atoms with Gasteiger partial charge in [0.05, 0.1) is 12.2 Å². The van der Waals surface area contributed by atoms with Crippen LogP contribution in [0.5, 0.6) is 0 Å². The summed E-state index contributed by atoms with van der Waals surface area (Å²) >= 11 is 6.02. The maximum Gasteiger partial charge on any atom is 0.0542 e. The van der Waals surface area contributed by atoms with Gasteiger partial charge >= 0.3 is 0 Å². The molecule has 1 aromatic carbocycles. The van der Waals surface area contributed by atoms with Gasteiger partial charge in [-0.1, -0.05) is 17.7 Å². The van der Waals surface area contributed by atoms with E-state index in [1.807, 2.05) is 29.1 Å². The predicted molar refractivity (Wildman–Crippen MR) is 76.1 cm³/mol. The van der Waals surface area contributed by atoms with E-state index in [9.17, 15) is 0 Å². The quantitative estimate of drug-likeness (QED) is 0.902. The number of halogens is 1. The number of hydrogen-bond donors (Lipinski definition) is 1.